The highest BCUT2D eigenvalue weighted by atomic mass is 35.5. The summed E-state index contributed by atoms with van der Waals surface area (Å²) in [6.45, 7) is 14.7. The summed E-state index contributed by atoms with van der Waals surface area (Å²) in [7, 11) is 0. The minimum atomic E-state index is -0.619. The molecule has 5 heteroatoms. The fourth-order valence-electron chi connectivity index (χ4n) is 4.58. The highest BCUT2D eigenvalue weighted by molar-refractivity contribution is 6.18. The number of hydrogen-bond donors (Lipinski definition) is 0. The van der Waals surface area contributed by atoms with E-state index in [0.29, 0.717) is 5.88 Å². The molecule has 4 nitrogen and oxygen atoms in total. The molecular weight excluding hydrogens is 436 g/mol. The molecule has 5 rings (SSSR count). The van der Waals surface area contributed by atoms with E-state index in [9.17, 15) is 0 Å². The van der Waals surface area contributed by atoms with Gasteiger partial charge in [0, 0.05) is 5.88 Å². The Morgan fingerprint density at radius 3 is 0.909 bits per heavy atom. The van der Waals surface area contributed by atoms with Gasteiger partial charge < -0.3 is 17.7 Å². The van der Waals surface area contributed by atoms with E-state index in [1.54, 1.807) is 0 Å². The van der Waals surface area contributed by atoms with Crippen LogP contribution in [0.4, 0.5) is 0 Å². The second kappa shape index (κ2) is 6.96. The van der Waals surface area contributed by atoms with Gasteiger partial charge in [-0.15, -0.1) is 11.6 Å². The lowest BCUT2D eigenvalue weighted by molar-refractivity contribution is 0.273. The van der Waals surface area contributed by atoms with E-state index in [1.165, 1.54) is 0 Å². The van der Waals surface area contributed by atoms with Gasteiger partial charge in [-0.1, -0.05) is 0 Å². The van der Waals surface area contributed by atoms with Crippen LogP contribution in [-0.4, -0.2) is 5.88 Å². The van der Waals surface area contributed by atoms with Crippen molar-refractivity contribution >= 4 is 11.6 Å². The lowest BCUT2D eigenvalue weighted by atomic mass is 9.86. The summed E-state index contributed by atoms with van der Waals surface area (Å²) in [6, 6.07) is 16.2. The van der Waals surface area contributed by atoms with E-state index < -0.39 is 21.7 Å². The predicted octanol–water partition coefficient (Wildman–Crippen LogP) is 7.89. The molecule has 0 saturated carbocycles. The summed E-state index contributed by atoms with van der Waals surface area (Å²) < 4.78 is 25.8. The zero-order valence-corrected chi connectivity index (χ0v) is 21.1. The second-order valence-electron chi connectivity index (χ2n) is 11.0. The number of halogens is 1. The van der Waals surface area contributed by atoms with Gasteiger partial charge >= 0.3 is 0 Å². The normalized spacial score (nSPS) is 20.0. The quantitative estimate of drug-likeness (QED) is 0.267. The summed E-state index contributed by atoms with van der Waals surface area (Å²) >= 11 is 6.53. The summed E-state index contributed by atoms with van der Waals surface area (Å²) in [6.07, 6.45) is 0. The lowest BCUT2D eigenvalue weighted by Crippen LogP contribution is -2.25. The van der Waals surface area contributed by atoms with Crippen LogP contribution >= 0.6 is 11.6 Å². The first-order valence-electron chi connectivity index (χ1n) is 11.4. The fraction of sp³-hybridized carbons (Fsp3) is 0.429. The molecule has 0 radical (unpaired) electrons. The van der Waals surface area contributed by atoms with Crippen molar-refractivity contribution in [3.63, 3.8) is 0 Å². The van der Waals surface area contributed by atoms with Crippen molar-refractivity contribution < 1.29 is 17.7 Å². The van der Waals surface area contributed by atoms with Gasteiger partial charge in [-0.25, -0.2) is 0 Å². The Labute approximate surface area is 199 Å². The van der Waals surface area contributed by atoms with Gasteiger partial charge in [0.15, 0.2) is 0 Å². The van der Waals surface area contributed by atoms with Crippen LogP contribution in [0.2, 0.25) is 0 Å². The molecule has 0 atom stereocenters. The van der Waals surface area contributed by atoms with Crippen LogP contribution < -0.4 is 0 Å². The maximum Gasteiger partial charge on any atom is 0.118 e. The van der Waals surface area contributed by atoms with Crippen LogP contribution in [0.1, 0.15) is 94.5 Å². The van der Waals surface area contributed by atoms with E-state index >= 15 is 0 Å². The van der Waals surface area contributed by atoms with Crippen molar-refractivity contribution in [3.8, 4) is 0 Å². The van der Waals surface area contributed by atoms with E-state index in [4.69, 9.17) is 29.3 Å². The van der Waals surface area contributed by atoms with Crippen molar-refractivity contribution in [1.82, 2.24) is 0 Å². The van der Waals surface area contributed by atoms with Crippen LogP contribution in [0, 0.1) is 0 Å². The van der Waals surface area contributed by atoms with Crippen molar-refractivity contribution in [3.05, 3.63) is 94.6 Å². The minimum Gasteiger partial charge on any atom is -0.464 e. The minimum absolute atomic E-state index is 0.317. The average molecular weight is 467 g/mol. The first-order valence-corrected chi connectivity index (χ1v) is 11.9. The van der Waals surface area contributed by atoms with Crippen molar-refractivity contribution in [2.75, 3.05) is 5.88 Å². The molecule has 4 aromatic rings. The standard InChI is InChI=1S/C28H31ClO4/c1-25(2)17-8-10-19(30-17)26(3,4)21-12-14-23(32-21)28(7,16-29)24-15-13-22(33-24)27(5,6)20-11-9-18(25)31-20/h8-15H,16H2,1-7H3. The maximum absolute atomic E-state index is 6.53. The number of alkyl halides is 1. The summed E-state index contributed by atoms with van der Waals surface area (Å²) in [5, 5.41) is 0. The monoisotopic (exact) mass is 466 g/mol. The Morgan fingerprint density at radius 2 is 0.667 bits per heavy atom. The van der Waals surface area contributed by atoms with E-state index in [-0.39, 0.29) is 0 Å². The van der Waals surface area contributed by atoms with Gasteiger partial charge in [-0.05, 0) is 97.0 Å². The lowest BCUT2D eigenvalue weighted by Gasteiger charge is -2.26. The molecule has 4 aromatic heterocycles. The van der Waals surface area contributed by atoms with E-state index in [2.05, 4.69) is 41.5 Å². The summed E-state index contributed by atoms with van der Waals surface area (Å²) in [5.74, 6) is 6.81. The topological polar surface area (TPSA) is 52.6 Å². The Kier molecular flexibility index (Phi) is 4.68. The third-order valence-electron chi connectivity index (χ3n) is 7.47. The number of hydrogen-bond acceptors (Lipinski definition) is 4. The number of rotatable bonds is 1. The molecule has 0 N–H and O–H groups in total. The second-order valence-corrected chi connectivity index (χ2v) is 11.3. The third-order valence-corrected chi connectivity index (χ3v) is 8.01. The van der Waals surface area contributed by atoms with E-state index in [0.717, 1.165) is 46.1 Å². The van der Waals surface area contributed by atoms with Crippen LogP contribution in [0.3, 0.4) is 0 Å². The molecule has 33 heavy (non-hydrogen) atoms. The van der Waals surface area contributed by atoms with Gasteiger partial charge in [0.2, 0.25) is 0 Å². The molecule has 0 aromatic carbocycles. The molecule has 0 spiro atoms. The third kappa shape index (κ3) is 3.10. The van der Waals surface area contributed by atoms with Crippen LogP contribution in [0.25, 0.3) is 0 Å². The molecule has 1 aliphatic heterocycles. The zero-order chi connectivity index (χ0) is 23.8. The van der Waals surface area contributed by atoms with Crippen molar-refractivity contribution in [2.45, 2.75) is 70.1 Å². The van der Waals surface area contributed by atoms with Crippen LogP contribution in [0.5, 0.6) is 0 Å². The predicted molar refractivity (Wildman–Crippen MR) is 128 cm³/mol. The van der Waals surface area contributed by atoms with Gasteiger partial charge in [-0.3, -0.25) is 0 Å². The Bertz CT molecular complexity index is 1210. The van der Waals surface area contributed by atoms with Crippen molar-refractivity contribution in [2.24, 2.45) is 0 Å². The first kappa shape index (κ1) is 22.2. The molecule has 0 unspecified atom stereocenters. The summed E-state index contributed by atoms with van der Waals surface area (Å²) in [4.78, 5) is 0. The Morgan fingerprint density at radius 1 is 0.455 bits per heavy atom. The molecule has 0 saturated heterocycles. The van der Waals surface area contributed by atoms with Gasteiger partial charge in [0.25, 0.3) is 0 Å². The largest absolute Gasteiger partial charge is 0.464 e. The Hall–Kier alpha value is -2.59. The number of fused-ring (bicyclic) bond motifs is 8. The molecule has 0 amide bonds. The molecule has 0 aliphatic carbocycles. The van der Waals surface area contributed by atoms with Crippen LogP contribution in [0.15, 0.2) is 66.2 Å². The zero-order valence-electron chi connectivity index (χ0n) is 20.3. The van der Waals surface area contributed by atoms with Gasteiger partial charge in [0.05, 0.1) is 21.7 Å². The number of furan rings is 4. The summed E-state index contributed by atoms with van der Waals surface area (Å²) in [5.41, 5.74) is -2.01. The molecule has 5 heterocycles. The SMILES string of the molecule is CC1(C)c2ccc(o2)C(C)(C)c2ccc(o2)C(C)(CCl)c2ccc(o2)C(C)(C)c2ccc1o2. The van der Waals surface area contributed by atoms with Crippen molar-refractivity contribution in [1.29, 1.82) is 0 Å². The molecule has 0 fully saturated rings. The van der Waals surface area contributed by atoms with E-state index in [1.807, 2.05) is 55.5 Å². The molecule has 1 aliphatic rings. The molecule has 8 bridgehead atoms. The Balaban J connectivity index is 1.77. The average Bonchev–Trinajstić information content (AvgIpc) is 3.58. The first-order chi connectivity index (χ1) is 15.4. The fourth-order valence-corrected chi connectivity index (χ4v) is 4.84. The smallest absolute Gasteiger partial charge is 0.118 e. The molecule has 174 valence electrons. The molecular formula is C28H31ClO4. The van der Waals surface area contributed by atoms with Crippen LogP contribution in [-0.2, 0) is 21.7 Å². The van der Waals surface area contributed by atoms with Gasteiger partial charge in [0.1, 0.15) is 46.1 Å². The maximum atomic E-state index is 6.53. The van der Waals surface area contributed by atoms with Gasteiger partial charge in [-0.2, -0.15) is 0 Å². The highest BCUT2D eigenvalue weighted by Crippen LogP contribution is 2.45. The highest BCUT2D eigenvalue weighted by Gasteiger charge is 2.41.